The van der Waals surface area contributed by atoms with E-state index < -0.39 is 5.60 Å². The van der Waals surface area contributed by atoms with E-state index in [0.29, 0.717) is 5.92 Å². The summed E-state index contributed by atoms with van der Waals surface area (Å²) in [5, 5.41) is 10.8. The monoisotopic (exact) mass is 252 g/mol. The van der Waals surface area contributed by atoms with Gasteiger partial charge in [0.15, 0.2) is 0 Å². The topological polar surface area (TPSA) is 29.5 Å². The van der Waals surface area contributed by atoms with Crippen LogP contribution in [0.2, 0.25) is 0 Å². The Hall–Kier alpha value is -0.0800. The Morgan fingerprint density at radius 3 is 2.56 bits per heavy atom. The van der Waals surface area contributed by atoms with Crippen LogP contribution in [0.25, 0.3) is 0 Å². The Kier molecular flexibility index (Phi) is 3.44. The maximum atomic E-state index is 10.8. The van der Waals surface area contributed by atoms with Crippen molar-refractivity contribution in [1.82, 2.24) is 0 Å². The molecule has 2 unspecified atom stereocenters. The smallest absolute Gasteiger partial charge is 0.0686 e. The average Bonchev–Trinajstić information content (AvgIpc) is 3.13. The summed E-state index contributed by atoms with van der Waals surface area (Å²) in [7, 11) is 0. The van der Waals surface area contributed by atoms with E-state index in [1.807, 2.05) is 0 Å². The third-order valence-electron chi connectivity index (χ3n) is 5.54. The number of hydrogen-bond acceptors (Lipinski definition) is 2. The fourth-order valence-corrected chi connectivity index (χ4v) is 4.18. The molecule has 1 N–H and O–H groups in total. The van der Waals surface area contributed by atoms with Crippen molar-refractivity contribution in [1.29, 1.82) is 0 Å². The van der Waals surface area contributed by atoms with Crippen LogP contribution in [0.15, 0.2) is 0 Å². The molecule has 0 aromatic heterocycles. The quantitative estimate of drug-likeness (QED) is 0.830. The van der Waals surface area contributed by atoms with Crippen LogP contribution in [0, 0.1) is 11.8 Å². The molecule has 1 saturated heterocycles. The molecular formula is C16H28O2. The van der Waals surface area contributed by atoms with Crippen molar-refractivity contribution in [3.63, 3.8) is 0 Å². The Bertz CT molecular complexity index is 282. The summed E-state index contributed by atoms with van der Waals surface area (Å²) in [5.74, 6) is 1.27. The van der Waals surface area contributed by atoms with Crippen molar-refractivity contribution in [2.24, 2.45) is 11.8 Å². The minimum Gasteiger partial charge on any atom is -0.390 e. The lowest BCUT2D eigenvalue weighted by molar-refractivity contribution is -0.154. The number of ether oxygens (including phenoxy) is 1. The Morgan fingerprint density at radius 1 is 1.17 bits per heavy atom. The lowest BCUT2D eigenvalue weighted by Gasteiger charge is -2.47. The molecule has 2 nitrogen and oxygen atoms in total. The molecule has 0 aromatic rings. The minimum absolute atomic E-state index is 0.134. The van der Waals surface area contributed by atoms with Crippen LogP contribution in [-0.4, -0.2) is 22.9 Å². The third kappa shape index (κ3) is 2.75. The third-order valence-corrected chi connectivity index (χ3v) is 5.54. The van der Waals surface area contributed by atoms with Crippen molar-refractivity contribution in [3.8, 4) is 0 Å². The molecule has 0 aromatic carbocycles. The van der Waals surface area contributed by atoms with Gasteiger partial charge in [-0.3, -0.25) is 0 Å². The first-order chi connectivity index (χ1) is 8.60. The highest BCUT2D eigenvalue weighted by Crippen LogP contribution is 2.47. The molecule has 104 valence electrons. The van der Waals surface area contributed by atoms with Gasteiger partial charge in [0.1, 0.15) is 0 Å². The van der Waals surface area contributed by atoms with Crippen molar-refractivity contribution >= 4 is 0 Å². The van der Waals surface area contributed by atoms with Gasteiger partial charge in [0, 0.05) is 6.61 Å². The van der Waals surface area contributed by atoms with Crippen molar-refractivity contribution in [3.05, 3.63) is 0 Å². The van der Waals surface area contributed by atoms with Gasteiger partial charge in [-0.15, -0.1) is 0 Å². The average molecular weight is 252 g/mol. The lowest BCUT2D eigenvalue weighted by Crippen LogP contribution is -2.48. The maximum absolute atomic E-state index is 10.8. The molecule has 1 spiro atoms. The summed E-state index contributed by atoms with van der Waals surface area (Å²) in [5.41, 5.74) is -0.315. The number of rotatable bonds is 3. The highest BCUT2D eigenvalue weighted by molar-refractivity contribution is 4.97. The van der Waals surface area contributed by atoms with Gasteiger partial charge in [-0.25, -0.2) is 0 Å². The van der Waals surface area contributed by atoms with E-state index in [4.69, 9.17) is 4.74 Å². The first-order valence-corrected chi connectivity index (χ1v) is 7.96. The predicted molar refractivity (Wildman–Crippen MR) is 72.5 cm³/mol. The lowest BCUT2D eigenvalue weighted by atomic mass is 9.70. The van der Waals surface area contributed by atoms with E-state index in [2.05, 4.69) is 6.92 Å². The standard InChI is InChI=1S/C16H28O2/c1-15(17,11-13-5-6-13)14-7-10-18-16(12-14)8-3-2-4-9-16/h13-14,17H,2-12H2,1H3. The second kappa shape index (κ2) is 4.79. The van der Waals surface area contributed by atoms with Gasteiger partial charge in [0.25, 0.3) is 0 Å². The number of hydrogen-bond donors (Lipinski definition) is 1. The maximum Gasteiger partial charge on any atom is 0.0686 e. The summed E-state index contributed by atoms with van der Waals surface area (Å²) in [6.45, 7) is 2.95. The number of aliphatic hydroxyl groups is 1. The van der Waals surface area contributed by atoms with Crippen LogP contribution in [0.3, 0.4) is 0 Å². The van der Waals surface area contributed by atoms with Crippen LogP contribution < -0.4 is 0 Å². The molecule has 2 heteroatoms. The van der Waals surface area contributed by atoms with E-state index in [1.54, 1.807) is 0 Å². The van der Waals surface area contributed by atoms with Crippen LogP contribution in [-0.2, 0) is 4.74 Å². The van der Waals surface area contributed by atoms with Crippen LogP contribution in [0.5, 0.6) is 0 Å². The molecule has 1 heterocycles. The molecule has 3 rings (SSSR count). The van der Waals surface area contributed by atoms with E-state index in [9.17, 15) is 5.11 Å². The zero-order valence-electron chi connectivity index (χ0n) is 11.8. The zero-order valence-corrected chi connectivity index (χ0v) is 11.8. The van der Waals surface area contributed by atoms with Crippen LogP contribution in [0.4, 0.5) is 0 Å². The van der Waals surface area contributed by atoms with E-state index >= 15 is 0 Å². The highest BCUT2D eigenvalue weighted by Gasteiger charge is 2.45. The second-order valence-electron chi connectivity index (χ2n) is 7.29. The highest BCUT2D eigenvalue weighted by atomic mass is 16.5. The molecular weight excluding hydrogens is 224 g/mol. The van der Waals surface area contributed by atoms with Crippen molar-refractivity contribution in [2.75, 3.05) is 6.61 Å². The van der Waals surface area contributed by atoms with E-state index in [-0.39, 0.29) is 5.60 Å². The van der Waals surface area contributed by atoms with Gasteiger partial charge < -0.3 is 9.84 Å². The molecule has 3 aliphatic rings. The first-order valence-electron chi connectivity index (χ1n) is 7.96. The fraction of sp³-hybridized carbons (Fsp3) is 1.00. The van der Waals surface area contributed by atoms with Crippen LogP contribution >= 0.6 is 0 Å². The summed E-state index contributed by atoms with van der Waals surface area (Å²) in [6, 6.07) is 0. The normalized spacial score (nSPS) is 35.3. The molecule has 0 bridgehead atoms. The largest absolute Gasteiger partial charge is 0.390 e. The molecule has 0 amide bonds. The summed E-state index contributed by atoms with van der Waals surface area (Å²) < 4.78 is 6.14. The minimum atomic E-state index is -0.449. The van der Waals surface area contributed by atoms with E-state index in [1.165, 1.54) is 44.9 Å². The molecule has 18 heavy (non-hydrogen) atoms. The van der Waals surface area contributed by atoms with Gasteiger partial charge in [-0.1, -0.05) is 32.1 Å². The van der Waals surface area contributed by atoms with Crippen molar-refractivity contribution in [2.45, 2.75) is 82.3 Å². The molecule has 1 aliphatic heterocycles. The van der Waals surface area contributed by atoms with Gasteiger partial charge >= 0.3 is 0 Å². The summed E-state index contributed by atoms with van der Waals surface area (Å²) in [4.78, 5) is 0. The molecule has 2 aliphatic carbocycles. The fourth-order valence-electron chi connectivity index (χ4n) is 4.18. The van der Waals surface area contributed by atoms with Crippen LogP contribution in [0.1, 0.15) is 71.1 Å². The Labute approximate surface area is 111 Å². The summed E-state index contributed by atoms with van der Waals surface area (Å²) in [6.07, 6.45) is 12.3. The Balaban J connectivity index is 1.64. The first kappa shape index (κ1) is 12.9. The van der Waals surface area contributed by atoms with Gasteiger partial charge in [0.05, 0.1) is 11.2 Å². The molecule has 0 radical (unpaired) electrons. The molecule has 3 fully saturated rings. The summed E-state index contributed by atoms with van der Waals surface area (Å²) >= 11 is 0. The molecule has 2 atom stereocenters. The predicted octanol–water partition coefficient (Wildman–Crippen LogP) is 3.67. The second-order valence-corrected chi connectivity index (χ2v) is 7.29. The van der Waals surface area contributed by atoms with Gasteiger partial charge in [0.2, 0.25) is 0 Å². The Morgan fingerprint density at radius 2 is 1.89 bits per heavy atom. The zero-order chi connectivity index (χ0) is 12.6. The molecule has 2 saturated carbocycles. The van der Waals surface area contributed by atoms with Crippen molar-refractivity contribution < 1.29 is 9.84 Å². The van der Waals surface area contributed by atoms with Gasteiger partial charge in [-0.2, -0.15) is 0 Å². The van der Waals surface area contributed by atoms with Gasteiger partial charge in [-0.05, 0) is 50.9 Å². The van der Waals surface area contributed by atoms with E-state index in [0.717, 1.165) is 31.8 Å². The SMILES string of the molecule is CC(O)(CC1CC1)C1CCOC2(CCCCC2)C1.